The van der Waals surface area contributed by atoms with E-state index in [1.54, 1.807) is 14.0 Å². The number of hydrogen-bond donors (Lipinski definition) is 1. The quantitative estimate of drug-likeness (QED) is 0.648. The normalized spacial score (nSPS) is 15.7. The van der Waals surface area contributed by atoms with Crippen LogP contribution in [0.5, 0.6) is 5.75 Å². The Balaban J connectivity index is 1.53. The van der Waals surface area contributed by atoms with Gasteiger partial charge in [-0.1, -0.05) is 42.5 Å². The van der Waals surface area contributed by atoms with E-state index >= 15 is 0 Å². The highest BCUT2D eigenvalue weighted by Gasteiger charge is 2.32. The van der Waals surface area contributed by atoms with Gasteiger partial charge in [0.2, 0.25) is 0 Å². The predicted molar refractivity (Wildman–Crippen MR) is 109 cm³/mol. The first kappa shape index (κ1) is 19.0. The second-order valence-corrected chi connectivity index (χ2v) is 7.34. The topological polar surface area (TPSA) is 68.4 Å². The van der Waals surface area contributed by atoms with Gasteiger partial charge in [0.05, 0.1) is 7.11 Å². The van der Waals surface area contributed by atoms with E-state index in [1.165, 1.54) is 0 Å². The zero-order valence-corrected chi connectivity index (χ0v) is 16.5. The predicted octanol–water partition coefficient (Wildman–Crippen LogP) is 4.60. The molecule has 148 valence electrons. The van der Waals surface area contributed by atoms with Crippen molar-refractivity contribution >= 4 is 11.8 Å². The second-order valence-electron chi connectivity index (χ2n) is 7.34. The lowest BCUT2D eigenvalue weighted by Crippen LogP contribution is -2.18. The molecule has 1 aliphatic rings. The summed E-state index contributed by atoms with van der Waals surface area (Å²) in [7, 11) is 1.63. The van der Waals surface area contributed by atoms with E-state index in [4.69, 9.17) is 9.47 Å². The van der Waals surface area contributed by atoms with E-state index in [9.17, 15) is 9.59 Å². The number of hydrogen-bond acceptors (Lipinski definition) is 4. The summed E-state index contributed by atoms with van der Waals surface area (Å²) in [5, 5.41) is 0. The zero-order valence-electron chi connectivity index (χ0n) is 16.5. The number of carbonyl (C=O) groups excluding carboxylic acids is 2. The third-order valence-corrected chi connectivity index (χ3v) is 5.49. The molecule has 0 bridgehead atoms. The van der Waals surface area contributed by atoms with E-state index in [1.807, 2.05) is 54.6 Å². The molecular formula is C24H23NO4. The van der Waals surface area contributed by atoms with Gasteiger partial charge in [-0.15, -0.1) is 0 Å². The summed E-state index contributed by atoms with van der Waals surface area (Å²) < 4.78 is 10.7. The minimum atomic E-state index is -0.436. The Morgan fingerprint density at radius 3 is 2.48 bits per heavy atom. The molecule has 0 saturated heterocycles. The van der Waals surface area contributed by atoms with Crippen LogP contribution >= 0.6 is 0 Å². The molecule has 0 amide bonds. The molecule has 0 spiro atoms. The van der Waals surface area contributed by atoms with Gasteiger partial charge in [0.25, 0.3) is 0 Å². The van der Waals surface area contributed by atoms with Gasteiger partial charge in [0, 0.05) is 17.7 Å². The molecule has 1 aromatic heterocycles. The summed E-state index contributed by atoms with van der Waals surface area (Å²) in [4.78, 5) is 28.6. The molecule has 5 nitrogen and oxygen atoms in total. The van der Waals surface area contributed by atoms with E-state index in [2.05, 4.69) is 4.98 Å². The molecular weight excluding hydrogens is 366 g/mol. The van der Waals surface area contributed by atoms with Gasteiger partial charge < -0.3 is 14.5 Å². The lowest BCUT2D eigenvalue weighted by molar-refractivity contribution is 0.0465. The van der Waals surface area contributed by atoms with Crippen LogP contribution < -0.4 is 4.74 Å². The van der Waals surface area contributed by atoms with Gasteiger partial charge in [-0.25, -0.2) is 4.79 Å². The van der Waals surface area contributed by atoms with Crippen molar-refractivity contribution in [2.24, 2.45) is 0 Å². The number of rotatable bonds is 5. The summed E-state index contributed by atoms with van der Waals surface area (Å²) >= 11 is 0. The summed E-state index contributed by atoms with van der Waals surface area (Å²) in [5.41, 5.74) is 4.51. The smallest absolute Gasteiger partial charge is 0.355 e. The number of carbonyl (C=O) groups is 2. The Kier molecular flexibility index (Phi) is 5.21. The SMILES string of the molecule is COc1ccc([C@H]2CC(=O)c3c([nH]c(C(=O)OCc4ccccc4)c3C)C2)cc1. The average Bonchev–Trinajstić information content (AvgIpc) is 3.10. The van der Waals surface area contributed by atoms with Crippen molar-refractivity contribution in [3.8, 4) is 5.75 Å². The molecule has 0 saturated carbocycles. The summed E-state index contributed by atoms with van der Waals surface area (Å²) in [6.07, 6.45) is 1.11. The molecule has 2 aromatic carbocycles. The summed E-state index contributed by atoms with van der Waals surface area (Å²) in [6.45, 7) is 2.01. The number of aromatic amines is 1. The first-order chi connectivity index (χ1) is 14.1. The molecule has 1 heterocycles. The number of methoxy groups -OCH3 is 1. The van der Waals surface area contributed by atoms with Crippen LogP contribution in [-0.2, 0) is 17.8 Å². The van der Waals surface area contributed by atoms with Crippen LogP contribution in [-0.4, -0.2) is 23.8 Å². The van der Waals surface area contributed by atoms with Crippen LogP contribution in [0.2, 0.25) is 0 Å². The molecule has 0 fully saturated rings. The van der Waals surface area contributed by atoms with E-state index in [0.29, 0.717) is 29.7 Å². The summed E-state index contributed by atoms with van der Waals surface area (Å²) in [5.74, 6) is 0.486. The number of benzene rings is 2. The first-order valence-corrected chi connectivity index (χ1v) is 9.66. The van der Waals surface area contributed by atoms with E-state index in [-0.39, 0.29) is 18.3 Å². The highest BCUT2D eigenvalue weighted by molar-refractivity contribution is 6.03. The molecule has 29 heavy (non-hydrogen) atoms. The molecule has 1 N–H and O–H groups in total. The Morgan fingerprint density at radius 1 is 1.07 bits per heavy atom. The third kappa shape index (κ3) is 3.81. The van der Waals surface area contributed by atoms with Crippen molar-refractivity contribution in [2.45, 2.75) is 32.3 Å². The van der Waals surface area contributed by atoms with Crippen LogP contribution in [0.25, 0.3) is 0 Å². The van der Waals surface area contributed by atoms with Crippen LogP contribution in [0.1, 0.15) is 55.6 Å². The Morgan fingerprint density at radius 2 is 1.79 bits per heavy atom. The van der Waals surface area contributed by atoms with Gasteiger partial charge in [-0.05, 0) is 48.1 Å². The van der Waals surface area contributed by atoms with Crippen LogP contribution in [0.4, 0.5) is 0 Å². The van der Waals surface area contributed by atoms with Gasteiger partial charge >= 0.3 is 5.97 Å². The molecule has 0 aliphatic heterocycles. The molecule has 3 aromatic rings. The number of Topliss-reactive ketones (excluding diaryl/α,β-unsaturated/α-hetero) is 1. The third-order valence-electron chi connectivity index (χ3n) is 5.49. The fraction of sp³-hybridized carbons (Fsp3) is 0.250. The number of ketones is 1. The largest absolute Gasteiger partial charge is 0.497 e. The molecule has 0 unspecified atom stereocenters. The van der Waals surface area contributed by atoms with Gasteiger partial charge in [0.1, 0.15) is 18.1 Å². The van der Waals surface area contributed by atoms with Crippen molar-refractivity contribution in [1.82, 2.24) is 4.98 Å². The number of nitrogens with one attached hydrogen (secondary N) is 1. The number of fused-ring (bicyclic) bond motifs is 1. The maximum Gasteiger partial charge on any atom is 0.355 e. The lowest BCUT2D eigenvalue weighted by Gasteiger charge is -2.22. The fourth-order valence-corrected chi connectivity index (χ4v) is 3.94. The number of ether oxygens (including phenoxy) is 2. The van der Waals surface area contributed by atoms with Crippen molar-refractivity contribution in [1.29, 1.82) is 0 Å². The summed E-state index contributed by atoms with van der Waals surface area (Å²) in [6, 6.07) is 17.3. The van der Waals surface area contributed by atoms with Crippen molar-refractivity contribution in [2.75, 3.05) is 7.11 Å². The van der Waals surface area contributed by atoms with Gasteiger partial charge in [0.15, 0.2) is 5.78 Å². The zero-order chi connectivity index (χ0) is 20.4. The molecule has 0 radical (unpaired) electrons. The molecule has 5 heteroatoms. The Labute approximate surface area is 169 Å². The minimum Gasteiger partial charge on any atom is -0.497 e. The molecule has 1 aliphatic carbocycles. The maximum absolute atomic E-state index is 12.8. The van der Waals surface area contributed by atoms with Gasteiger partial charge in [-0.3, -0.25) is 4.79 Å². The number of esters is 1. The standard InChI is InChI=1S/C24H23NO4/c1-15-22-20(25-23(15)24(27)29-14-16-6-4-3-5-7-16)12-18(13-21(22)26)17-8-10-19(28-2)11-9-17/h3-11,18,25H,12-14H2,1-2H3/t18-/m1/s1. The number of H-pyrrole nitrogens is 1. The van der Waals surface area contributed by atoms with Crippen molar-refractivity contribution in [3.63, 3.8) is 0 Å². The van der Waals surface area contributed by atoms with Crippen LogP contribution in [0.15, 0.2) is 54.6 Å². The highest BCUT2D eigenvalue weighted by Crippen LogP contribution is 2.35. The monoisotopic (exact) mass is 389 g/mol. The van der Waals surface area contributed by atoms with Crippen LogP contribution in [0.3, 0.4) is 0 Å². The van der Waals surface area contributed by atoms with Gasteiger partial charge in [-0.2, -0.15) is 0 Å². The molecule has 1 atom stereocenters. The number of aromatic nitrogens is 1. The average molecular weight is 389 g/mol. The van der Waals surface area contributed by atoms with E-state index < -0.39 is 5.97 Å². The minimum absolute atomic E-state index is 0.0583. The van der Waals surface area contributed by atoms with E-state index in [0.717, 1.165) is 22.6 Å². The van der Waals surface area contributed by atoms with Crippen LogP contribution in [0, 0.1) is 6.92 Å². The van der Waals surface area contributed by atoms with Crippen molar-refractivity contribution in [3.05, 3.63) is 88.2 Å². The maximum atomic E-state index is 12.8. The Hall–Kier alpha value is -3.34. The molecule has 4 rings (SSSR count). The Bertz CT molecular complexity index is 1030. The lowest BCUT2D eigenvalue weighted by atomic mass is 9.81. The van der Waals surface area contributed by atoms with Crippen molar-refractivity contribution < 1.29 is 19.1 Å². The highest BCUT2D eigenvalue weighted by atomic mass is 16.5. The first-order valence-electron chi connectivity index (χ1n) is 9.66. The second kappa shape index (κ2) is 7.95. The fourth-order valence-electron chi connectivity index (χ4n) is 3.94.